The fraction of sp³-hybridized carbons (Fsp3) is 0. The molecule has 9 aromatic carbocycles. The molecule has 62 heavy (non-hydrogen) atoms. The van der Waals surface area contributed by atoms with E-state index in [0.717, 1.165) is 77.6 Å². The van der Waals surface area contributed by atoms with Crippen molar-refractivity contribution in [2.45, 2.75) is 0 Å². The quantitative estimate of drug-likeness (QED) is 0.161. The maximum Gasteiger partial charge on any atom is 0.164 e. The second-order valence-corrected chi connectivity index (χ2v) is 15.6. The van der Waals surface area contributed by atoms with E-state index in [0.29, 0.717) is 17.5 Å². The summed E-state index contributed by atoms with van der Waals surface area (Å²) in [7, 11) is 0. The van der Waals surface area contributed by atoms with Crippen LogP contribution in [0.4, 0.5) is 0 Å². The molecule has 0 spiro atoms. The summed E-state index contributed by atoms with van der Waals surface area (Å²) in [6, 6.07) is 76.4. The normalized spacial score (nSPS) is 11.5. The molecule has 5 nitrogen and oxygen atoms in total. The van der Waals surface area contributed by atoms with Crippen molar-refractivity contribution >= 4 is 43.7 Å². The number of para-hydroxylation sites is 2. The number of fused-ring (bicyclic) bond motifs is 6. The number of rotatable bonds is 7. The summed E-state index contributed by atoms with van der Waals surface area (Å²) in [5.74, 6) is 1.78. The molecule has 0 aliphatic rings. The molecule has 0 saturated heterocycles. The lowest BCUT2D eigenvalue weighted by Crippen LogP contribution is -2.00. The van der Waals surface area contributed by atoms with Crippen molar-refractivity contribution in [1.82, 2.24) is 19.5 Å². The van der Waals surface area contributed by atoms with Gasteiger partial charge in [-0.1, -0.05) is 170 Å². The predicted octanol–water partition coefficient (Wildman–Crippen LogP) is 14.9. The van der Waals surface area contributed by atoms with E-state index >= 15 is 0 Å². The van der Waals surface area contributed by atoms with Crippen molar-refractivity contribution in [1.29, 1.82) is 0 Å². The molecule has 0 aliphatic heterocycles. The lowest BCUT2D eigenvalue weighted by Gasteiger charge is -2.12. The minimum Gasteiger partial charge on any atom is -0.456 e. The Morgan fingerprint density at radius 2 is 0.823 bits per heavy atom. The van der Waals surface area contributed by atoms with Crippen LogP contribution in [0.5, 0.6) is 0 Å². The molecule has 0 unspecified atom stereocenters. The monoisotopic (exact) mass is 792 g/mol. The average Bonchev–Trinajstić information content (AvgIpc) is 3.90. The fourth-order valence-corrected chi connectivity index (χ4v) is 8.86. The number of benzene rings is 9. The van der Waals surface area contributed by atoms with Gasteiger partial charge in [-0.2, -0.15) is 0 Å². The lowest BCUT2D eigenvalue weighted by atomic mass is 9.95. The second kappa shape index (κ2) is 14.7. The summed E-state index contributed by atoms with van der Waals surface area (Å²) in [5, 5.41) is 4.46. The molecule has 0 N–H and O–H groups in total. The highest BCUT2D eigenvalue weighted by Gasteiger charge is 2.21. The summed E-state index contributed by atoms with van der Waals surface area (Å²) in [6.07, 6.45) is 0. The van der Waals surface area contributed by atoms with E-state index < -0.39 is 0 Å². The van der Waals surface area contributed by atoms with Gasteiger partial charge in [0.2, 0.25) is 0 Å². The van der Waals surface area contributed by atoms with Crippen molar-refractivity contribution in [3.63, 3.8) is 0 Å². The Morgan fingerprint density at radius 1 is 0.306 bits per heavy atom. The molecule has 0 fully saturated rings. The van der Waals surface area contributed by atoms with Crippen LogP contribution >= 0.6 is 0 Å². The van der Waals surface area contributed by atoms with Crippen LogP contribution in [0.1, 0.15) is 0 Å². The van der Waals surface area contributed by atoms with Crippen LogP contribution in [0.2, 0.25) is 0 Å². The van der Waals surface area contributed by atoms with Crippen molar-refractivity contribution in [2.75, 3.05) is 0 Å². The van der Waals surface area contributed by atoms with Gasteiger partial charge in [-0.15, -0.1) is 0 Å². The molecule has 290 valence electrons. The zero-order valence-corrected chi connectivity index (χ0v) is 33.5. The Morgan fingerprint density at radius 3 is 1.52 bits per heavy atom. The van der Waals surface area contributed by atoms with E-state index in [-0.39, 0.29) is 0 Å². The minimum atomic E-state index is 0.569. The van der Waals surface area contributed by atoms with Gasteiger partial charge in [0.15, 0.2) is 17.5 Å². The number of aromatic nitrogens is 4. The first kappa shape index (κ1) is 35.5. The number of furan rings is 1. The third-order valence-electron chi connectivity index (χ3n) is 11.9. The standard InChI is InChI=1S/C57H36N4O/c1-5-15-37(16-6-1)39-25-27-41(28-26-39)56-58-55(40-19-9-3-10-20-40)59-57(60-56)44-34-48(54-47-23-13-14-24-52(47)62-53(54)36-44)43-30-32-50-49(33-43)46-31-29-42(38-17-7-2-8-18-38)35-51(46)61(50)45-21-11-4-12-22-45/h1-36H. The molecule has 0 amide bonds. The van der Waals surface area contributed by atoms with Gasteiger partial charge in [-0.3, -0.25) is 0 Å². The van der Waals surface area contributed by atoms with Gasteiger partial charge in [-0.25, -0.2) is 15.0 Å². The first-order chi connectivity index (χ1) is 30.7. The zero-order chi connectivity index (χ0) is 41.0. The van der Waals surface area contributed by atoms with Crippen LogP contribution in [0, 0.1) is 0 Å². The van der Waals surface area contributed by atoms with E-state index in [1.54, 1.807) is 0 Å². The van der Waals surface area contributed by atoms with Gasteiger partial charge in [0, 0.05) is 43.9 Å². The van der Waals surface area contributed by atoms with E-state index in [4.69, 9.17) is 19.4 Å². The van der Waals surface area contributed by atoms with Crippen molar-refractivity contribution < 1.29 is 4.42 Å². The minimum absolute atomic E-state index is 0.569. The van der Waals surface area contributed by atoms with Gasteiger partial charge >= 0.3 is 0 Å². The Hall–Kier alpha value is -8.41. The van der Waals surface area contributed by atoms with Crippen LogP contribution in [0.15, 0.2) is 223 Å². The topological polar surface area (TPSA) is 56.7 Å². The van der Waals surface area contributed by atoms with Crippen molar-refractivity contribution in [3.05, 3.63) is 218 Å². The second-order valence-electron chi connectivity index (χ2n) is 15.6. The maximum atomic E-state index is 6.66. The Kier molecular flexibility index (Phi) is 8.42. The maximum absolute atomic E-state index is 6.66. The molecule has 12 rings (SSSR count). The van der Waals surface area contributed by atoms with Crippen LogP contribution in [-0.2, 0) is 0 Å². The third kappa shape index (κ3) is 6.14. The first-order valence-electron chi connectivity index (χ1n) is 20.8. The number of hydrogen-bond acceptors (Lipinski definition) is 4. The largest absolute Gasteiger partial charge is 0.456 e. The van der Waals surface area contributed by atoms with E-state index in [9.17, 15) is 0 Å². The molecule has 0 bridgehead atoms. The van der Waals surface area contributed by atoms with Crippen molar-refractivity contribution in [3.8, 4) is 73.2 Å². The molecule has 5 heteroatoms. The average molecular weight is 793 g/mol. The summed E-state index contributed by atoms with van der Waals surface area (Å²) >= 11 is 0. The molecular weight excluding hydrogens is 757 g/mol. The molecule has 3 heterocycles. The van der Waals surface area contributed by atoms with E-state index in [1.807, 2.05) is 48.5 Å². The Balaban J connectivity index is 1.07. The van der Waals surface area contributed by atoms with E-state index in [1.165, 1.54) is 21.9 Å². The summed E-state index contributed by atoms with van der Waals surface area (Å²) in [5.41, 5.74) is 14.4. The van der Waals surface area contributed by atoms with Crippen molar-refractivity contribution in [2.24, 2.45) is 0 Å². The molecule has 0 aliphatic carbocycles. The third-order valence-corrected chi connectivity index (χ3v) is 11.9. The van der Waals surface area contributed by atoms with Gasteiger partial charge < -0.3 is 8.98 Å². The number of hydrogen-bond donors (Lipinski definition) is 0. The van der Waals surface area contributed by atoms with Crippen LogP contribution < -0.4 is 0 Å². The van der Waals surface area contributed by atoms with Gasteiger partial charge in [-0.05, 0) is 81.9 Å². The smallest absolute Gasteiger partial charge is 0.164 e. The number of nitrogens with zero attached hydrogens (tertiary/aromatic N) is 4. The van der Waals surface area contributed by atoms with E-state index in [2.05, 4.69) is 174 Å². The Labute approximate surface area is 357 Å². The van der Waals surface area contributed by atoms with Gasteiger partial charge in [0.25, 0.3) is 0 Å². The first-order valence-corrected chi connectivity index (χ1v) is 20.8. The fourth-order valence-electron chi connectivity index (χ4n) is 8.86. The van der Waals surface area contributed by atoms with Crippen LogP contribution in [-0.4, -0.2) is 19.5 Å². The SMILES string of the molecule is c1ccc(-c2ccc(-c3nc(-c4ccccc4)nc(-c4cc(-c5ccc6c(c5)c5ccc(-c7ccccc7)cc5n6-c5ccccc5)c5c(c4)oc4ccccc45)n3)cc2)cc1. The van der Waals surface area contributed by atoms with Gasteiger partial charge in [0.05, 0.1) is 11.0 Å². The van der Waals surface area contributed by atoms with Gasteiger partial charge in [0.1, 0.15) is 11.2 Å². The molecule has 0 saturated carbocycles. The molecule has 3 aromatic heterocycles. The predicted molar refractivity (Wildman–Crippen MR) is 254 cm³/mol. The summed E-state index contributed by atoms with van der Waals surface area (Å²) in [4.78, 5) is 15.4. The molecule has 0 atom stereocenters. The highest BCUT2D eigenvalue weighted by Crippen LogP contribution is 2.43. The van der Waals surface area contributed by atoms with Crippen LogP contribution in [0.3, 0.4) is 0 Å². The van der Waals surface area contributed by atoms with Crippen LogP contribution in [0.25, 0.3) is 117 Å². The highest BCUT2D eigenvalue weighted by atomic mass is 16.3. The Bertz CT molecular complexity index is 3600. The molecule has 12 aromatic rings. The highest BCUT2D eigenvalue weighted by molar-refractivity contribution is 6.16. The zero-order valence-electron chi connectivity index (χ0n) is 33.5. The summed E-state index contributed by atoms with van der Waals surface area (Å²) in [6.45, 7) is 0. The molecular formula is C57H36N4O. The summed E-state index contributed by atoms with van der Waals surface area (Å²) < 4.78 is 9.04. The lowest BCUT2D eigenvalue weighted by molar-refractivity contribution is 0.669. The molecule has 0 radical (unpaired) electrons.